The number of hydrogen-bond acceptors (Lipinski definition) is 6. The van der Waals surface area contributed by atoms with Crippen molar-refractivity contribution in [1.29, 1.82) is 0 Å². The quantitative estimate of drug-likeness (QED) is 0.291. The average molecular weight is 346 g/mol. The Labute approximate surface area is 132 Å². The second kappa shape index (κ2) is 6.57. The number of hydrogen-bond donors (Lipinski definition) is 2. The fraction of sp³-hybridized carbons (Fsp3) is 0.0833. The van der Waals surface area contributed by atoms with Gasteiger partial charge in [0.2, 0.25) is 5.78 Å². The SMILES string of the molecule is NNSC(=S)C(=O)c1cnn(-c2ccccc2)c1C(F)(F)F. The summed E-state index contributed by atoms with van der Waals surface area (Å²) in [5.74, 6) is 4.03. The van der Waals surface area contributed by atoms with Gasteiger partial charge in [-0.1, -0.05) is 30.4 Å². The average Bonchev–Trinajstić information content (AvgIpc) is 2.92. The number of carbonyl (C=O) groups excluding carboxylic acids is 1. The normalized spacial score (nSPS) is 11.5. The first-order valence-electron chi connectivity index (χ1n) is 5.78. The molecule has 22 heavy (non-hydrogen) atoms. The minimum atomic E-state index is -4.77. The molecule has 0 spiro atoms. The molecule has 0 aliphatic carbocycles. The minimum Gasteiger partial charge on any atom is -0.287 e. The number of aromatic nitrogens is 2. The highest BCUT2D eigenvalue weighted by Gasteiger charge is 2.41. The Morgan fingerprint density at radius 1 is 1.32 bits per heavy atom. The molecule has 0 fully saturated rings. The molecule has 10 heteroatoms. The number of nitrogens with zero attached hydrogens (tertiary/aromatic N) is 2. The molecule has 1 aromatic heterocycles. The molecule has 0 saturated carbocycles. The monoisotopic (exact) mass is 346 g/mol. The number of halogens is 3. The van der Waals surface area contributed by atoms with Gasteiger partial charge in [0.25, 0.3) is 0 Å². The summed E-state index contributed by atoms with van der Waals surface area (Å²) in [6.07, 6.45) is -3.92. The van der Waals surface area contributed by atoms with Crippen LogP contribution in [0, 0.1) is 0 Å². The van der Waals surface area contributed by atoms with E-state index in [1.54, 1.807) is 18.2 Å². The highest BCUT2D eigenvalue weighted by Crippen LogP contribution is 2.34. The Morgan fingerprint density at radius 3 is 2.50 bits per heavy atom. The van der Waals surface area contributed by atoms with Crippen LogP contribution in [0.5, 0.6) is 0 Å². The van der Waals surface area contributed by atoms with E-state index in [0.29, 0.717) is 16.6 Å². The molecule has 5 nitrogen and oxygen atoms in total. The van der Waals surface area contributed by atoms with Gasteiger partial charge in [-0.05, 0) is 24.1 Å². The topological polar surface area (TPSA) is 72.9 Å². The number of hydrazine groups is 1. The molecule has 0 bridgehead atoms. The molecule has 0 aliphatic rings. The van der Waals surface area contributed by atoms with Crippen LogP contribution < -0.4 is 10.7 Å². The van der Waals surface area contributed by atoms with Crippen LogP contribution in [0.2, 0.25) is 0 Å². The summed E-state index contributed by atoms with van der Waals surface area (Å²) < 4.78 is 40.3. The molecular weight excluding hydrogens is 337 g/mol. The van der Waals surface area contributed by atoms with Crippen molar-refractivity contribution < 1.29 is 18.0 Å². The van der Waals surface area contributed by atoms with Crippen molar-refractivity contribution in [2.45, 2.75) is 6.18 Å². The Kier molecular flexibility index (Phi) is 4.96. The summed E-state index contributed by atoms with van der Waals surface area (Å²) >= 11 is 5.30. The van der Waals surface area contributed by atoms with E-state index >= 15 is 0 Å². The van der Waals surface area contributed by atoms with E-state index in [1.165, 1.54) is 12.1 Å². The van der Waals surface area contributed by atoms with E-state index in [-0.39, 0.29) is 9.88 Å². The first kappa shape index (κ1) is 16.6. The number of carbonyl (C=O) groups is 1. The zero-order chi connectivity index (χ0) is 16.3. The van der Waals surface area contributed by atoms with E-state index in [1.807, 2.05) is 0 Å². The van der Waals surface area contributed by atoms with Gasteiger partial charge < -0.3 is 0 Å². The van der Waals surface area contributed by atoms with E-state index in [9.17, 15) is 18.0 Å². The molecule has 0 amide bonds. The first-order chi connectivity index (χ1) is 10.4. The zero-order valence-electron chi connectivity index (χ0n) is 10.8. The molecule has 2 rings (SSSR count). The van der Waals surface area contributed by atoms with Gasteiger partial charge in [0.05, 0.1) is 17.4 Å². The number of nitrogens with two attached hydrogens (primary N) is 1. The van der Waals surface area contributed by atoms with Crippen LogP contribution in [-0.2, 0) is 6.18 Å². The number of ketones is 1. The van der Waals surface area contributed by atoms with Gasteiger partial charge in [-0.25, -0.2) is 4.68 Å². The molecule has 3 N–H and O–H groups in total. The molecular formula is C12H9F3N4OS2. The van der Waals surface area contributed by atoms with Crippen LogP contribution in [0.4, 0.5) is 13.2 Å². The predicted octanol–water partition coefficient (Wildman–Crippen LogP) is 2.51. The summed E-state index contributed by atoms with van der Waals surface area (Å²) in [7, 11) is 0. The maximum absolute atomic E-state index is 13.3. The van der Waals surface area contributed by atoms with Gasteiger partial charge >= 0.3 is 6.18 Å². The maximum atomic E-state index is 13.3. The van der Waals surface area contributed by atoms with Gasteiger partial charge in [0, 0.05) is 0 Å². The van der Waals surface area contributed by atoms with Crippen molar-refractivity contribution in [2.24, 2.45) is 5.84 Å². The van der Waals surface area contributed by atoms with E-state index in [0.717, 1.165) is 6.20 Å². The van der Waals surface area contributed by atoms with Gasteiger partial charge in [0.15, 0.2) is 5.69 Å². The van der Waals surface area contributed by atoms with Gasteiger partial charge in [-0.15, -0.1) is 0 Å². The van der Waals surface area contributed by atoms with Crippen molar-refractivity contribution in [1.82, 2.24) is 14.6 Å². The van der Waals surface area contributed by atoms with E-state index in [4.69, 9.17) is 18.1 Å². The van der Waals surface area contributed by atoms with E-state index in [2.05, 4.69) is 9.93 Å². The Hall–Kier alpha value is -1.75. The van der Waals surface area contributed by atoms with Crippen molar-refractivity contribution in [3.8, 4) is 5.69 Å². The Balaban J connectivity index is 2.56. The molecule has 0 atom stereocenters. The number of rotatable bonds is 4. The lowest BCUT2D eigenvalue weighted by Crippen LogP contribution is -2.22. The van der Waals surface area contributed by atoms with Crippen LogP contribution in [0.3, 0.4) is 0 Å². The number of benzene rings is 1. The summed E-state index contributed by atoms with van der Waals surface area (Å²) in [4.78, 5) is 14.1. The highest BCUT2D eigenvalue weighted by atomic mass is 32.2. The lowest BCUT2D eigenvalue weighted by molar-refractivity contribution is -0.143. The third-order valence-electron chi connectivity index (χ3n) is 2.62. The third kappa shape index (κ3) is 3.35. The second-order valence-corrected chi connectivity index (χ2v) is 5.50. The van der Waals surface area contributed by atoms with Crippen LogP contribution >= 0.6 is 24.2 Å². The van der Waals surface area contributed by atoms with Crippen LogP contribution in [0.1, 0.15) is 16.1 Å². The van der Waals surface area contributed by atoms with Crippen molar-refractivity contribution in [3.05, 3.63) is 47.8 Å². The standard InChI is InChI=1S/C12H9F3N4OS2/c13-12(14,15)10-8(9(20)11(21)22-18-16)6-17-19(10)7-4-2-1-3-5-7/h1-6,18H,16H2. The smallest absolute Gasteiger partial charge is 0.287 e. The fourth-order valence-corrected chi connectivity index (χ4v) is 2.33. The van der Waals surface area contributed by atoms with Crippen LogP contribution in [0.15, 0.2) is 36.5 Å². The Morgan fingerprint density at radius 2 is 1.95 bits per heavy atom. The van der Waals surface area contributed by atoms with Crippen molar-refractivity contribution in [2.75, 3.05) is 0 Å². The van der Waals surface area contributed by atoms with Gasteiger partial charge in [-0.2, -0.15) is 23.1 Å². The molecule has 116 valence electrons. The minimum absolute atomic E-state index is 0.185. The van der Waals surface area contributed by atoms with E-state index < -0.39 is 23.2 Å². The number of para-hydroxylation sites is 1. The number of Topliss-reactive ketones (excluding diaryl/α,β-unsaturated/α-hetero) is 1. The molecule has 1 heterocycles. The highest BCUT2D eigenvalue weighted by molar-refractivity contribution is 8.24. The summed E-state index contributed by atoms with van der Waals surface area (Å²) in [5, 5.41) is 3.67. The van der Waals surface area contributed by atoms with Gasteiger partial charge in [-0.3, -0.25) is 10.6 Å². The van der Waals surface area contributed by atoms with Crippen molar-refractivity contribution >= 4 is 34.1 Å². The summed E-state index contributed by atoms with van der Waals surface area (Å²) in [6.45, 7) is 0. The maximum Gasteiger partial charge on any atom is 0.434 e. The molecule has 0 aliphatic heterocycles. The largest absolute Gasteiger partial charge is 0.434 e. The molecule has 1 aromatic carbocycles. The van der Waals surface area contributed by atoms with Crippen LogP contribution in [0.25, 0.3) is 5.69 Å². The van der Waals surface area contributed by atoms with Crippen molar-refractivity contribution in [3.63, 3.8) is 0 Å². The molecule has 0 radical (unpaired) electrons. The molecule has 0 saturated heterocycles. The van der Waals surface area contributed by atoms with Crippen LogP contribution in [-0.4, -0.2) is 19.8 Å². The lowest BCUT2D eigenvalue weighted by atomic mass is 10.1. The van der Waals surface area contributed by atoms with Gasteiger partial charge in [0.1, 0.15) is 4.20 Å². The second-order valence-electron chi connectivity index (χ2n) is 3.99. The molecule has 0 unspecified atom stereocenters. The lowest BCUT2D eigenvalue weighted by Gasteiger charge is -2.12. The third-order valence-corrected chi connectivity index (χ3v) is 3.54. The fourth-order valence-electron chi connectivity index (χ4n) is 1.76. The Bertz CT molecular complexity index is 700. The summed E-state index contributed by atoms with van der Waals surface area (Å²) in [5.41, 5.74) is -1.61. The number of alkyl halides is 3. The summed E-state index contributed by atoms with van der Waals surface area (Å²) in [6, 6.07) is 7.69. The first-order valence-corrected chi connectivity index (χ1v) is 7.00. The number of nitrogens with one attached hydrogen (secondary N) is 1. The number of thiocarbonyl (C=S) groups is 1. The predicted molar refractivity (Wildman–Crippen MR) is 80.4 cm³/mol. The molecule has 2 aromatic rings. The zero-order valence-corrected chi connectivity index (χ0v) is 12.4.